The molecule has 4 heteroatoms. The zero-order chi connectivity index (χ0) is 52.4. The molecule has 2 heterocycles. The zero-order valence-electron chi connectivity index (χ0n) is 43.7. The topological polar surface area (TPSA) is 16.3 Å². The maximum atomic E-state index is 2.51. The monoisotopic (exact) mass is 1000 g/mol. The zero-order valence-corrected chi connectivity index (χ0v) is 43.7. The largest absolute Gasteiger partial charge is 0.311 e. The number of aromatic nitrogens is 2. The molecule has 0 N–H and O–H groups in total. The van der Waals surface area contributed by atoms with Crippen molar-refractivity contribution in [1.82, 2.24) is 9.13 Å². The highest BCUT2D eigenvalue weighted by Crippen LogP contribution is 2.50. The molecule has 0 radical (unpaired) electrons. The Kier molecular flexibility index (Phi) is 12.7. The first-order chi connectivity index (χ1) is 38.6. The maximum Gasteiger partial charge on any atom is 0.0804 e. The van der Waals surface area contributed by atoms with E-state index in [1.807, 2.05) is 26.0 Å². The van der Waals surface area contributed by atoms with Gasteiger partial charge in [-0.05, 0) is 150 Å². The van der Waals surface area contributed by atoms with Crippen LogP contribution in [0.4, 0.5) is 34.1 Å². The molecule has 12 aromatic carbocycles. The van der Waals surface area contributed by atoms with Crippen molar-refractivity contribution >= 4 is 88.5 Å². The lowest BCUT2D eigenvalue weighted by Gasteiger charge is -2.28. The fourth-order valence-electron chi connectivity index (χ4n) is 11.3. The van der Waals surface area contributed by atoms with Crippen molar-refractivity contribution in [3.05, 3.63) is 303 Å². The molecule has 0 unspecified atom stereocenters. The molecule has 372 valence electrons. The van der Waals surface area contributed by atoms with Crippen molar-refractivity contribution in [2.75, 3.05) is 9.80 Å². The van der Waals surface area contributed by atoms with Crippen LogP contribution in [0, 0.1) is 0 Å². The van der Waals surface area contributed by atoms with E-state index >= 15 is 0 Å². The van der Waals surface area contributed by atoms with Crippen LogP contribution in [0.25, 0.3) is 88.0 Å². The van der Waals surface area contributed by atoms with Crippen LogP contribution >= 0.6 is 0 Å². The van der Waals surface area contributed by atoms with Crippen molar-refractivity contribution in [1.29, 1.82) is 0 Å². The van der Waals surface area contributed by atoms with E-state index in [9.17, 15) is 0 Å². The second-order valence-corrected chi connectivity index (χ2v) is 19.6. The Morgan fingerprint density at radius 1 is 0.282 bits per heavy atom. The fraction of sp³-hybridized carbons (Fsp3) is 0.0270. The smallest absolute Gasteiger partial charge is 0.0804 e. The number of para-hydroxylation sites is 4. The Bertz CT molecular complexity index is 4280. The van der Waals surface area contributed by atoms with Gasteiger partial charge in [0.2, 0.25) is 0 Å². The normalized spacial score (nSPS) is 11.4. The van der Waals surface area contributed by atoms with E-state index < -0.39 is 0 Å². The summed E-state index contributed by atoms with van der Waals surface area (Å²) in [4.78, 5) is 4.80. The van der Waals surface area contributed by atoms with Gasteiger partial charge in [0.1, 0.15) is 0 Å². The van der Waals surface area contributed by atoms with Gasteiger partial charge in [-0.2, -0.15) is 0 Å². The van der Waals surface area contributed by atoms with Gasteiger partial charge in [-0.1, -0.05) is 200 Å². The fourth-order valence-corrected chi connectivity index (χ4v) is 11.3. The molecular weight excluding hydrogens is 945 g/mol. The van der Waals surface area contributed by atoms with Crippen LogP contribution in [0.15, 0.2) is 303 Å². The number of fused-ring (bicyclic) bond motifs is 8. The van der Waals surface area contributed by atoms with E-state index in [-0.39, 0.29) is 0 Å². The van der Waals surface area contributed by atoms with Crippen molar-refractivity contribution in [3.63, 3.8) is 0 Å². The molecule has 0 saturated heterocycles. The first kappa shape index (κ1) is 47.5. The van der Waals surface area contributed by atoms with Gasteiger partial charge in [-0.25, -0.2) is 0 Å². The molecular formula is C74H56N4. The molecule has 78 heavy (non-hydrogen) atoms. The van der Waals surface area contributed by atoms with Gasteiger partial charge in [0.05, 0.1) is 27.8 Å². The molecule has 0 aliphatic rings. The third kappa shape index (κ3) is 8.65. The molecule has 0 spiro atoms. The third-order valence-corrected chi connectivity index (χ3v) is 15.0. The van der Waals surface area contributed by atoms with Gasteiger partial charge >= 0.3 is 0 Å². The minimum absolute atomic E-state index is 1.06. The molecule has 14 aromatic rings. The van der Waals surface area contributed by atoms with Crippen LogP contribution in [-0.4, -0.2) is 9.13 Å². The predicted molar refractivity (Wildman–Crippen MR) is 333 cm³/mol. The molecule has 0 amide bonds. The first-order valence-corrected chi connectivity index (χ1v) is 26.8. The molecule has 2 aromatic heterocycles. The Labute approximate surface area is 455 Å². The molecule has 0 saturated carbocycles. The average Bonchev–Trinajstić information content (AvgIpc) is 4.24. The Morgan fingerprint density at radius 2 is 0.679 bits per heavy atom. The van der Waals surface area contributed by atoms with E-state index in [4.69, 9.17) is 0 Å². The minimum Gasteiger partial charge on any atom is -0.311 e. The number of hydrogen-bond acceptors (Lipinski definition) is 2. The summed E-state index contributed by atoms with van der Waals surface area (Å²) in [6.07, 6.45) is 4.00. The lowest BCUT2D eigenvalue weighted by Crippen LogP contribution is -2.12. The average molecular weight is 1000 g/mol. The van der Waals surface area contributed by atoms with Gasteiger partial charge in [-0.3, -0.25) is 0 Å². The number of allylic oxidation sites excluding steroid dienone is 2. The van der Waals surface area contributed by atoms with Crippen LogP contribution in [0.5, 0.6) is 0 Å². The molecule has 4 nitrogen and oxygen atoms in total. The van der Waals surface area contributed by atoms with Gasteiger partial charge in [-0.15, -0.1) is 0 Å². The quantitative estimate of drug-likeness (QED) is 0.127. The maximum absolute atomic E-state index is 2.51. The first-order valence-electron chi connectivity index (χ1n) is 26.8. The Morgan fingerprint density at radius 3 is 1.23 bits per heavy atom. The lowest BCUT2D eigenvalue weighted by molar-refractivity contribution is 1.16. The van der Waals surface area contributed by atoms with Crippen LogP contribution in [0.2, 0.25) is 0 Å². The summed E-state index contributed by atoms with van der Waals surface area (Å²) in [5, 5.41) is 7.13. The lowest BCUT2D eigenvalue weighted by atomic mass is 10.0. The van der Waals surface area contributed by atoms with Crippen molar-refractivity contribution < 1.29 is 0 Å². The summed E-state index contributed by atoms with van der Waals surface area (Å²) >= 11 is 0. The summed E-state index contributed by atoms with van der Waals surface area (Å²) in [5.41, 5.74) is 18.0. The van der Waals surface area contributed by atoms with Crippen LogP contribution in [0.1, 0.15) is 13.8 Å². The van der Waals surface area contributed by atoms with Gasteiger partial charge in [0.15, 0.2) is 0 Å². The number of hydrogen-bond donors (Lipinski definition) is 0. The summed E-state index contributed by atoms with van der Waals surface area (Å²) in [6, 6.07) is 106. The Balaban J connectivity index is 0.00000140. The van der Waals surface area contributed by atoms with Crippen molar-refractivity contribution in [3.8, 4) is 33.6 Å². The molecule has 0 fully saturated rings. The molecule has 14 rings (SSSR count). The van der Waals surface area contributed by atoms with Gasteiger partial charge in [0.25, 0.3) is 0 Å². The van der Waals surface area contributed by atoms with Crippen LogP contribution in [-0.2, 0) is 0 Å². The third-order valence-electron chi connectivity index (χ3n) is 15.0. The molecule has 0 aliphatic carbocycles. The van der Waals surface area contributed by atoms with E-state index in [1.165, 1.54) is 54.6 Å². The van der Waals surface area contributed by atoms with Crippen LogP contribution < -0.4 is 9.80 Å². The number of anilines is 6. The van der Waals surface area contributed by atoms with E-state index in [0.717, 1.165) is 67.6 Å². The highest BCUT2D eigenvalue weighted by molar-refractivity contribution is 6.29. The number of benzene rings is 12. The van der Waals surface area contributed by atoms with Gasteiger partial charge < -0.3 is 18.9 Å². The minimum atomic E-state index is 1.06. The second-order valence-electron chi connectivity index (χ2n) is 19.6. The van der Waals surface area contributed by atoms with E-state index in [2.05, 4.69) is 310 Å². The van der Waals surface area contributed by atoms with Crippen molar-refractivity contribution in [2.45, 2.75) is 13.8 Å². The predicted octanol–water partition coefficient (Wildman–Crippen LogP) is 20.9. The number of nitrogens with zero attached hydrogens (tertiary/aromatic N) is 4. The summed E-state index contributed by atoms with van der Waals surface area (Å²) < 4.78 is 5.01. The highest BCUT2D eigenvalue weighted by Gasteiger charge is 2.28. The number of rotatable bonds is 10. The summed E-state index contributed by atoms with van der Waals surface area (Å²) in [6.45, 7) is 4.00. The molecule has 0 atom stereocenters. The van der Waals surface area contributed by atoms with Gasteiger partial charge in [0, 0.05) is 61.4 Å². The van der Waals surface area contributed by atoms with E-state index in [1.54, 1.807) is 0 Å². The van der Waals surface area contributed by atoms with Crippen molar-refractivity contribution in [2.24, 2.45) is 0 Å². The molecule has 0 bridgehead atoms. The summed E-state index contributed by atoms with van der Waals surface area (Å²) in [5.74, 6) is 0. The van der Waals surface area contributed by atoms with E-state index in [0.29, 0.717) is 0 Å². The molecule has 0 aliphatic heterocycles. The SMILES string of the molecule is C/C=C\C.c1ccc(-c2ccc(N(c3ccc(-c4ccccc4)cc3)c3cc4c5ccccc5n(-c5ccc(N(c6ccccc6)c6ccccc6)cc5)c4c4c5ccccc5n(-c5ccc6ccccc6c5)c34)cc2)cc1. The summed E-state index contributed by atoms with van der Waals surface area (Å²) in [7, 11) is 0. The standard InChI is InChI=1S/C70H48N4.C4H8/c1-5-19-49(20-6-1)52-33-38-58(39-34-52)72(59-40-35-53(36-41-59)50-21-7-2-8-22-50)67-48-64-62-29-15-17-31-65(62)73(60-45-43-57(44-46-60)71(55-25-9-3-10-26-55)56-27-11-4-12-28-56)69(64)68-63-30-16-18-32-66(63)74(70(67)68)61-42-37-51-23-13-14-24-54(51)47-61;1-3-4-2/h1-48H;3-4H,1-2H3/b;4-3-. The Hall–Kier alpha value is -10.2. The van der Waals surface area contributed by atoms with Crippen LogP contribution in [0.3, 0.4) is 0 Å². The second kappa shape index (κ2) is 20.9. The highest BCUT2D eigenvalue weighted by atomic mass is 15.2.